The Bertz CT molecular complexity index is 414. The Hall–Kier alpha value is -1.13. The van der Waals surface area contributed by atoms with Gasteiger partial charge in [-0.3, -0.25) is 0 Å². The number of likely N-dealkylation sites (N-methyl/N-ethyl adjacent to an activating group) is 1. The van der Waals surface area contributed by atoms with Crippen LogP contribution in [0.5, 0.6) is 0 Å². The van der Waals surface area contributed by atoms with Crippen LogP contribution in [0.1, 0.15) is 44.2 Å². The Morgan fingerprint density at radius 3 is 2.68 bits per heavy atom. The van der Waals surface area contributed by atoms with E-state index in [1.165, 1.54) is 12.8 Å². The number of hydrogen-bond acceptors (Lipinski definition) is 4. The van der Waals surface area contributed by atoms with Gasteiger partial charge in [-0.1, -0.05) is 13.0 Å². The van der Waals surface area contributed by atoms with Crippen molar-refractivity contribution in [2.24, 2.45) is 5.92 Å². The summed E-state index contributed by atoms with van der Waals surface area (Å²) in [6.45, 7) is 2.31. The van der Waals surface area contributed by atoms with E-state index in [0.717, 1.165) is 24.3 Å². The maximum Gasteiger partial charge on any atom is 0.128 e. The van der Waals surface area contributed by atoms with E-state index in [-0.39, 0.29) is 11.6 Å². The quantitative estimate of drug-likeness (QED) is 0.876. The summed E-state index contributed by atoms with van der Waals surface area (Å²) in [6.07, 6.45) is 6.25. The van der Waals surface area contributed by atoms with Crippen LogP contribution in [0.2, 0.25) is 0 Å². The number of anilines is 1. The maximum atomic E-state index is 6.04. The highest BCUT2D eigenvalue weighted by molar-refractivity contribution is 5.42. The third kappa shape index (κ3) is 2.74. The molecule has 3 N–H and O–H groups in total. The van der Waals surface area contributed by atoms with Gasteiger partial charge in [-0.15, -0.1) is 0 Å². The number of nitrogen functional groups attached to an aromatic ring is 1. The number of nitrogens with two attached hydrogens (primary N) is 1. The highest BCUT2D eigenvalue weighted by Gasteiger charge is 2.42. The van der Waals surface area contributed by atoms with Crippen molar-refractivity contribution in [2.45, 2.75) is 44.2 Å². The molecule has 4 nitrogen and oxygen atoms in total. The Labute approximate surface area is 115 Å². The lowest BCUT2D eigenvalue weighted by molar-refractivity contribution is -0.0744. The fourth-order valence-corrected chi connectivity index (χ4v) is 3.24. The summed E-state index contributed by atoms with van der Waals surface area (Å²) in [5.74, 6) is 1.38. The molecule has 0 saturated heterocycles. The van der Waals surface area contributed by atoms with Crippen molar-refractivity contribution in [3.05, 3.63) is 23.9 Å². The molecular formula is C15H25N3O. The van der Waals surface area contributed by atoms with Gasteiger partial charge in [-0.05, 0) is 44.7 Å². The standard InChI is InChI=1S/C15H25N3O/c1-11-6-8-15(19-3,9-7-11)13(17-2)12-5-4-10-18-14(12)16/h4-5,10-11,13,17H,6-9H2,1-3H3,(H2,16,18). The SMILES string of the molecule is CNC(c1cccnc1N)C1(OC)CCC(C)CC1. The minimum Gasteiger partial charge on any atom is -0.383 e. The van der Waals surface area contributed by atoms with Gasteiger partial charge < -0.3 is 15.8 Å². The summed E-state index contributed by atoms with van der Waals surface area (Å²) >= 11 is 0. The maximum absolute atomic E-state index is 6.04. The molecule has 1 atom stereocenters. The predicted octanol–water partition coefficient (Wildman–Crippen LogP) is 2.52. The molecule has 1 fully saturated rings. The van der Waals surface area contributed by atoms with Gasteiger partial charge in [0.1, 0.15) is 5.82 Å². The topological polar surface area (TPSA) is 60.2 Å². The van der Waals surface area contributed by atoms with Crippen LogP contribution in [-0.4, -0.2) is 24.7 Å². The number of rotatable bonds is 4. The lowest BCUT2D eigenvalue weighted by Gasteiger charge is -2.44. The van der Waals surface area contributed by atoms with Crippen molar-refractivity contribution in [1.82, 2.24) is 10.3 Å². The zero-order chi connectivity index (χ0) is 13.9. The third-order valence-electron chi connectivity index (χ3n) is 4.52. The number of ether oxygens (including phenoxy) is 1. The number of nitrogens with zero attached hydrogens (tertiary/aromatic N) is 1. The number of aromatic nitrogens is 1. The fourth-order valence-electron chi connectivity index (χ4n) is 3.24. The summed E-state index contributed by atoms with van der Waals surface area (Å²) < 4.78 is 5.94. The molecule has 1 heterocycles. The number of hydrogen-bond donors (Lipinski definition) is 2. The number of nitrogens with one attached hydrogen (secondary N) is 1. The van der Waals surface area contributed by atoms with Gasteiger partial charge >= 0.3 is 0 Å². The lowest BCUT2D eigenvalue weighted by Crippen LogP contribution is -2.47. The van der Waals surface area contributed by atoms with Crippen molar-refractivity contribution in [3.63, 3.8) is 0 Å². The zero-order valence-corrected chi connectivity index (χ0v) is 12.1. The minimum atomic E-state index is -0.168. The highest BCUT2D eigenvalue weighted by Crippen LogP contribution is 2.43. The normalized spacial score (nSPS) is 29.1. The molecule has 0 amide bonds. The molecule has 2 rings (SSSR count). The highest BCUT2D eigenvalue weighted by atomic mass is 16.5. The van der Waals surface area contributed by atoms with Crippen LogP contribution in [0.15, 0.2) is 18.3 Å². The number of methoxy groups -OCH3 is 1. The van der Waals surface area contributed by atoms with Crippen molar-refractivity contribution >= 4 is 5.82 Å². The van der Waals surface area contributed by atoms with Gasteiger partial charge in [-0.25, -0.2) is 4.98 Å². The van der Waals surface area contributed by atoms with Gasteiger partial charge in [0.2, 0.25) is 0 Å². The van der Waals surface area contributed by atoms with Crippen LogP contribution >= 0.6 is 0 Å². The van der Waals surface area contributed by atoms with Crippen LogP contribution < -0.4 is 11.1 Å². The monoisotopic (exact) mass is 263 g/mol. The summed E-state index contributed by atoms with van der Waals surface area (Å²) in [5.41, 5.74) is 6.91. The summed E-state index contributed by atoms with van der Waals surface area (Å²) in [6, 6.07) is 4.08. The van der Waals surface area contributed by atoms with Gasteiger partial charge in [0.25, 0.3) is 0 Å². The second-order valence-electron chi connectivity index (χ2n) is 5.65. The van der Waals surface area contributed by atoms with Gasteiger partial charge in [0.05, 0.1) is 11.6 Å². The average Bonchev–Trinajstić information content (AvgIpc) is 2.44. The van der Waals surface area contributed by atoms with Crippen LogP contribution in [0.3, 0.4) is 0 Å². The van der Waals surface area contributed by atoms with E-state index in [0.29, 0.717) is 5.82 Å². The largest absolute Gasteiger partial charge is 0.383 e. The summed E-state index contributed by atoms with van der Waals surface area (Å²) in [5, 5.41) is 3.39. The molecule has 0 bridgehead atoms. The second-order valence-corrected chi connectivity index (χ2v) is 5.65. The molecule has 1 aromatic rings. The molecule has 1 aliphatic rings. The van der Waals surface area contributed by atoms with E-state index in [1.807, 2.05) is 26.3 Å². The zero-order valence-electron chi connectivity index (χ0n) is 12.1. The first-order valence-electron chi connectivity index (χ1n) is 7.06. The van der Waals surface area contributed by atoms with Gasteiger partial charge in [-0.2, -0.15) is 0 Å². The molecular weight excluding hydrogens is 238 g/mol. The average molecular weight is 263 g/mol. The Balaban J connectivity index is 2.32. The summed E-state index contributed by atoms with van der Waals surface area (Å²) in [7, 11) is 3.78. The van der Waals surface area contributed by atoms with E-state index < -0.39 is 0 Å². The number of pyridine rings is 1. The van der Waals surface area contributed by atoms with Crippen LogP contribution in [0.4, 0.5) is 5.82 Å². The van der Waals surface area contributed by atoms with E-state index >= 15 is 0 Å². The van der Waals surface area contributed by atoms with Crippen molar-refractivity contribution in [1.29, 1.82) is 0 Å². The molecule has 1 unspecified atom stereocenters. The van der Waals surface area contributed by atoms with E-state index in [2.05, 4.69) is 17.2 Å². The molecule has 0 aliphatic heterocycles. The molecule has 4 heteroatoms. The van der Waals surface area contributed by atoms with E-state index in [1.54, 1.807) is 6.20 Å². The molecule has 19 heavy (non-hydrogen) atoms. The molecule has 0 spiro atoms. The molecule has 0 aromatic carbocycles. The van der Waals surface area contributed by atoms with E-state index in [9.17, 15) is 0 Å². The molecule has 1 aromatic heterocycles. The molecule has 106 valence electrons. The predicted molar refractivity (Wildman–Crippen MR) is 77.8 cm³/mol. The van der Waals surface area contributed by atoms with Crippen LogP contribution in [0, 0.1) is 5.92 Å². The Morgan fingerprint density at radius 1 is 1.47 bits per heavy atom. The minimum absolute atomic E-state index is 0.0960. The first-order chi connectivity index (χ1) is 9.13. The Morgan fingerprint density at radius 2 is 2.16 bits per heavy atom. The van der Waals surface area contributed by atoms with Gasteiger partial charge in [0.15, 0.2) is 0 Å². The van der Waals surface area contributed by atoms with Crippen molar-refractivity contribution in [2.75, 3.05) is 19.9 Å². The third-order valence-corrected chi connectivity index (χ3v) is 4.52. The molecule has 0 radical (unpaired) electrons. The van der Waals surface area contributed by atoms with Crippen molar-refractivity contribution in [3.8, 4) is 0 Å². The smallest absolute Gasteiger partial charge is 0.128 e. The van der Waals surface area contributed by atoms with Crippen LogP contribution in [0.25, 0.3) is 0 Å². The summed E-state index contributed by atoms with van der Waals surface area (Å²) in [4.78, 5) is 4.21. The van der Waals surface area contributed by atoms with Crippen LogP contribution in [-0.2, 0) is 4.74 Å². The first kappa shape index (κ1) is 14.3. The fraction of sp³-hybridized carbons (Fsp3) is 0.667. The Kier molecular flexibility index (Phi) is 4.42. The second kappa shape index (κ2) is 5.88. The molecule has 1 saturated carbocycles. The van der Waals surface area contributed by atoms with E-state index in [4.69, 9.17) is 10.5 Å². The molecule has 1 aliphatic carbocycles. The van der Waals surface area contributed by atoms with Gasteiger partial charge in [0, 0.05) is 18.9 Å². The first-order valence-corrected chi connectivity index (χ1v) is 7.06. The van der Waals surface area contributed by atoms with Crippen molar-refractivity contribution < 1.29 is 4.74 Å². The lowest BCUT2D eigenvalue weighted by atomic mass is 9.73.